The largest absolute Gasteiger partial charge is 0.270 e. The van der Waals surface area contributed by atoms with Crippen molar-refractivity contribution in [2.75, 3.05) is 0 Å². The summed E-state index contributed by atoms with van der Waals surface area (Å²) in [5.74, 6) is 0.748. The van der Waals surface area contributed by atoms with Gasteiger partial charge in [-0.25, -0.2) is 0 Å². The van der Waals surface area contributed by atoms with Crippen LogP contribution in [0.4, 0.5) is 0 Å². The van der Waals surface area contributed by atoms with E-state index in [1.807, 2.05) is 19.1 Å². The fraction of sp³-hybridized carbons (Fsp3) is 0.111. The molecular weight excluding hydrogens is 221 g/mol. The summed E-state index contributed by atoms with van der Waals surface area (Å²) in [4.78, 5) is 0. The van der Waals surface area contributed by atoms with E-state index in [9.17, 15) is 0 Å². The standard InChI is InChI=1S/C9H7Cl2N3/c1-6-12-13-9(11)14(6)8-4-2-7(10)3-5-8/h2-5H,1H3. The summed E-state index contributed by atoms with van der Waals surface area (Å²) in [6.45, 7) is 1.84. The van der Waals surface area contributed by atoms with Crippen molar-refractivity contribution in [1.29, 1.82) is 0 Å². The Morgan fingerprint density at radius 2 is 1.71 bits per heavy atom. The minimum absolute atomic E-state index is 0.352. The average Bonchev–Trinajstić information content (AvgIpc) is 2.49. The predicted molar refractivity (Wildman–Crippen MR) is 56.1 cm³/mol. The third-order valence-corrected chi connectivity index (χ3v) is 2.37. The van der Waals surface area contributed by atoms with Crippen LogP contribution in [-0.2, 0) is 0 Å². The molecule has 1 heterocycles. The molecule has 0 bridgehead atoms. The number of rotatable bonds is 1. The van der Waals surface area contributed by atoms with Crippen LogP contribution in [0.1, 0.15) is 5.82 Å². The SMILES string of the molecule is Cc1nnc(Cl)n1-c1ccc(Cl)cc1. The number of nitrogens with zero attached hydrogens (tertiary/aromatic N) is 3. The molecule has 14 heavy (non-hydrogen) atoms. The monoisotopic (exact) mass is 227 g/mol. The Balaban J connectivity index is 2.54. The van der Waals surface area contributed by atoms with E-state index in [-0.39, 0.29) is 0 Å². The Kier molecular flexibility index (Phi) is 2.44. The second-order valence-electron chi connectivity index (χ2n) is 2.83. The maximum absolute atomic E-state index is 5.88. The van der Waals surface area contributed by atoms with Crippen molar-refractivity contribution in [2.24, 2.45) is 0 Å². The number of aryl methyl sites for hydroxylation is 1. The van der Waals surface area contributed by atoms with Crippen LogP contribution < -0.4 is 0 Å². The van der Waals surface area contributed by atoms with Crippen molar-refractivity contribution in [1.82, 2.24) is 14.8 Å². The molecule has 0 atom stereocenters. The van der Waals surface area contributed by atoms with Gasteiger partial charge in [-0.1, -0.05) is 11.6 Å². The molecule has 0 unspecified atom stereocenters. The molecule has 72 valence electrons. The van der Waals surface area contributed by atoms with Gasteiger partial charge in [0.25, 0.3) is 0 Å². The fourth-order valence-electron chi connectivity index (χ4n) is 1.22. The van der Waals surface area contributed by atoms with Crippen LogP contribution >= 0.6 is 23.2 Å². The average molecular weight is 228 g/mol. The second-order valence-corrected chi connectivity index (χ2v) is 3.60. The lowest BCUT2D eigenvalue weighted by Gasteiger charge is -2.04. The summed E-state index contributed by atoms with van der Waals surface area (Å²) in [5.41, 5.74) is 0.905. The Bertz CT molecular complexity index is 428. The summed E-state index contributed by atoms with van der Waals surface area (Å²) in [6, 6.07) is 7.33. The molecule has 2 rings (SSSR count). The summed E-state index contributed by atoms with van der Waals surface area (Å²) < 4.78 is 1.75. The van der Waals surface area contributed by atoms with E-state index in [1.165, 1.54) is 0 Å². The fourth-order valence-corrected chi connectivity index (χ4v) is 1.60. The highest BCUT2D eigenvalue weighted by Gasteiger charge is 2.07. The van der Waals surface area contributed by atoms with Crippen LogP contribution in [0.2, 0.25) is 10.3 Å². The van der Waals surface area contributed by atoms with Crippen molar-refractivity contribution >= 4 is 23.2 Å². The summed E-state index contributed by atoms with van der Waals surface area (Å²) in [7, 11) is 0. The molecule has 5 heteroatoms. The highest BCUT2D eigenvalue weighted by atomic mass is 35.5. The molecule has 0 aliphatic heterocycles. The molecule has 2 aromatic rings. The van der Waals surface area contributed by atoms with E-state index in [0.29, 0.717) is 10.3 Å². The zero-order valence-corrected chi connectivity index (χ0v) is 8.92. The second kappa shape index (κ2) is 3.59. The van der Waals surface area contributed by atoms with Gasteiger partial charge < -0.3 is 0 Å². The lowest BCUT2D eigenvalue weighted by molar-refractivity contribution is 0.970. The van der Waals surface area contributed by atoms with E-state index in [1.54, 1.807) is 16.7 Å². The van der Waals surface area contributed by atoms with Gasteiger partial charge in [0, 0.05) is 10.7 Å². The smallest absolute Gasteiger partial charge is 0.229 e. The van der Waals surface area contributed by atoms with Crippen LogP contribution in [0.25, 0.3) is 5.69 Å². The third kappa shape index (κ3) is 1.61. The van der Waals surface area contributed by atoms with Gasteiger partial charge in [-0.3, -0.25) is 4.57 Å². The molecular formula is C9H7Cl2N3. The topological polar surface area (TPSA) is 30.7 Å². The summed E-state index contributed by atoms with van der Waals surface area (Å²) in [5, 5.41) is 8.67. The number of aromatic nitrogens is 3. The van der Waals surface area contributed by atoms with Crippen LogP contribution in [0.3, 0.4) is 0 Å². The minimum atomic E-state index is 0.352. The lowest BCUT2D eigenvalue weighted by Crippen LogP contribution is -1.96. The van der Waals surface area contributed by atoms with Crippen LogP contribution in [0, 0.1) is 6.92 Å². The van der Waals surface area contributed by atoms with E-state index in [4.69, 9.17) is 23.2 Å². The Morgan fingerprint density at radius 1 is 1.07 bits per heavy atom. The molecule has 0 aliphatic rings. The highest BCUT2D eigenvalue weighted by Crippen LogP contribution is 2.18. The van der Waals surface area contributed by atoms with Crippen LogP contribution in [0.15, 0.2) is 24.3 Å². The third-order valence-electron chi connectivity index (χ3n) is 1.87. The molecule has 0 saturated heterocycles. The Morgan fingerprint density at radius 3 is 2.21 bits per heavy atom. The van der Waals surface area contributed by atoms with Crippen LogP contribution in [-0.4, -0.2) is 14.8 Å². The summed E-state index contributed by atoms with van der Waals surface area (Å²) in [6.07, 6.45) is 0. The van der Waals surface area contributed by atoms with Gasteiger partial charge in [-0.05, 0) is 42.8 Å². The molecule has 1 aromatic carbocycles. The number of halogens is 2. The van der Waals surface area contributed by atoms with Crippen molar-refractivity contribution < 1.29 is 0 Å². The summed E-state index contributed by atoms with van der Waals surface area (Å²) >= 11 is 11.7. The first-order valence-corrected chi connectivity index (χ1v) is 4.77. The van der Waals surface area contributed by atoms with Gasteiger partial charge in [0.15, 0.2) is 0 Å². The zero-order valence-electron chi connectivity index (χ0n) is 7.41. The zero-order chi connectivity index (χ0) is 10.1. The van der Waals surface area contributed by atoms with Gasteiger partial charge in [0.2, 0.25) is 5.28 Å². The Labute approximate surface area is 91.3 Å². The van der Waals surface area contributed by atoms with E-state index in [0.717, 1.165) is 11.5 Å². The molecule has 0 radical (unpaired) electrons. The predicted octanol–water partition coefficient (Wildman–Crippen LogP) is 2.88. The van der Waals surface area contributed by atoms with E-state index in [2.05, 4.69) is 10.2 Å². The quantitative estimate of drug-likeness (QED) is 0.751. The van der Waals surface area contributed by atoms with Crippen LogP contribution in [0.5, 0.6) is 0 Å². The molecule has 3 nitrogen and oxygen atoms in total. The molecule has 0 amide bonds. The van der Waals surface area contributed by atoms with E-state index >= 15 is 0 Å². The van der Waals surface area contributed by atoms with Crippen molar-refractivity contribution in [3.05, 3.63) is 40.4 Å². The molecule has 0 N–H and O–H groups in total. The molecule has 0 fully saturated rings. The maximum atomic E-state index is 5.88. The van der Waals surface area contributed by atoms with Gasteiger partial charge in [0.05, 0.1) is 0 Å². The number of hydrogen-bond donors (Lipinski definition) is 0. The lowest BCUT2D eigenvalue weighted by atomic mass is 10.3. The molecule has 0 aliphatic carbocycles. The first kappa shape index (κ1) is 9.49. The molecule has 0 saturated carbocycles. The first-order valence-electron chi connectivity index (χ1n) is 4.02. The maximum Gasteiger partial charge on any atom is 0.229 e. The van der Waals surface area contributed by atoms with Gasteiger partial charge in [-0.2, -0.15) is 0 Å². The van der Waals surface area contributed by atoms with Gasteiger partial charge >= 0.3 is 0 Å². The molecule has 1 aromatic heterocycles. The van der Waals surface area contributed by atoms with Crippen molar-refractivity contribution in [3.8, 4) is 5.69 Å². The first-order chi connectivity index (χ1) is 6.68. The van der Waals surface area contributed by atoms with Crippen molar-refractivity contribution in [2.45, 2.75) is 6.92 Å². The normalized spacial score (nSPS) is 10.5. The number of hydrogen-bond acceptors (Lipinski definition) is 2. The van der Waals surface area contributed by atoms with Gasteiger partial charge in [-0.15, -0.1) is 10.2 Å². The van der Waals surface area contributed by atoms with E-state index < -0.39 is 0 Å². The Hall–Kier alpha value is -1.06. The van der Waals surface area contributed by atoms with Crippen molar-refractivity contribution in [3.63, 3.8) is 0 Å². The number of benzene rings is 1. The van der Waals surface area contributed by atoms with Gasteiger partial charge in [0.1, 0.15) is 5.82 Å². The highest BCUT2D eigenvalue weighted by molar-refractivity contribution is 6.30. The molecule has 0 spiro atoms. The minimum Gasteiger partial charge on any atom is -0.270 e.